The van der Waals surface area contributed by atoms with E-state index in [1.54, 1.807) is 0 Å². The fourth-order valence-electron chi connectivity index (χ4n) is 15.2. The number of thiophene rings is 1. The summed E-state index contributed by atoms with van der Waals surface area (Å²) in [6, 6.07) is 82.8. The molecule has 0 amide bonds. The molecule has 4 heteroatoms. The molecule has 478 valence electrons. The molecule has 0 aliphatic rings. The van der Waals surface area contributed by atoms with Crippen LogP contribution >= 0.6 is 11.3 Å². The summed E-state index contributed by atoms with van der Waals surface area (Å²) in [5, 5.41) is 11.6. The molecular formula is C92H89N3S. The Morgan fingerprint density at radius 2 is 0.594 bits per heavy atom. The fraction of sp³-hybridized carbons (Fsp3) is 0.261. The third-order valence-electron chi connectivity index (χ3n) is 21.0. The normalized spacial score (nSPS) is 13.3. The summed E-state index contributed by atoms with van der Waals surface area (Å²) in [6.07, 6.45) is 0. The Morgan fingerprint density at radius 3 is 1.02 bits per heavy atom. The smallest absolute Gasteiger partial charge is 0.109 e. The predicted molar refractivity (Wildman–Crippen MR) is 420 cm³/mol. The highest BCUT2D eigenvalue weighted by Crippen LogP contribution is 2.53. The van der Waals surface area contributed by atoms with Gasteiger partial charge in [0.15, 0.2) is 0 Å². The Hall–Kier alpha value is -9.22. The van der Waals surface area contributed by atoms with Crippen molar-refractivity contribution in [2.24, 2.45) is 0 Å². The summed E-state index contributed by atoms with van der Waals surface area (Å²) in [4.78, 5) is 3.68. The molecule has 0 bridgehead atoms. The molecular weight excluding hydrogens is 1180 g/mol. The molecule has 0 saturated carbocycles. The highest BCUT2D eigenvalue weighted by Gasteiger charge is 2.31. The Morgan fingerprint density at radius 1 is 0.260 bits per heavy atom. The molecule has 0 unspecified atom stereocenters. The van der Waals surface area contributed by atoms with E-state index >= 15 is 0 Å². The van der Waals surface area contributed by atoms with Crippen molar-refractivity contribution in [3.8, 4) is 44.5 Å². The molecule has 0 atom stereocenters. The zero-order chi connectivity index (χ0) is 67.2. The second-order valence-corrected chi connectivity index (χ2v) is 35.1. The number of nitrogens with zero attached hydrogens (tertiary/aromatic N) is 3. The lowest BCUT2D eigenvalue weighted by Gasteiger charge is -2.26. The zero-order valence-corrected chi connectivity index (χ0v) is 60.3. The third kappa shape index (κ3) is 10.0. The molecule has 0 aliphatic heterocycles. The molecule has 0 aliphatic carbocycles. The summed E-state index contributed by atoms with van der Waals surface area (Å²) < 4.78 is 6.66. The van der Waals surface area contributed by atoms with E-state index in [2.05, 4.69) is 351 Å². The summed E-state index contributed by atoms with van der Waals surface area (Å²) in [5.74, 6) is 0. The van der Waals surface area contributed by atoms with Gasteiger partial charge in [0.25, 0.3) is 0 Å². The zero-order valence-electron chi connectivity index (χ0n) is 59.5. The lowest BCUT2D eigenvalue weighted by atomic mass is 9.78. The first-order chi connectivity index (χ1) is 45.3. The average molecular weight is 1270 g/mol. The van der Waals surface area contributed by atoms with Crippen LogP contribution in [-0.2, 0) is 32.5 Å². The van der Waals surface area contributed by atoms with Gasteiger partial charge in [-0.2, -0.15) is 0 Å². The molecule has 3 nitrogen and oxygen atoms in total. The first-order valence-corrected chi connectivity index (χ1v) is 35.5. The van der Waals surface area contributed by atoms with E-state index in [-0.39, 0.29) is 32.5 Å². The first kappa shape index (κ1) is 61.6. The molecule has 0 N–H and O–H groups in total. The van der Waals surface area contributed by atoms with Gasteiger partial charge in [0, 0.05) is 75.8 Å². The van der Waals surface area contributed by atoms with Gasteiger partial charge in [-0.05, 0) is 196 Å². The van der Waals surface area contributed by atoms with Gasteiger partial charge in [-0.25, -0.2) is 0 Å². The molecule has 0 spiro atoms. The van der Waals surface area contributed by atoms with Crippen LogP contribution in [0.15, 0.2) is 212 Å². The van der Waals surface area contributed by atoms with E-state index in [9.17, 15) is 0 Å². The minimum absolute atomic E-state index is 0.0353. The molecule has 0 saturated heterocycles. The van der Waals surface area contributed by atoms with E-state index < -0.39 is 0 Å². The Bertz CT molecular complexity index is 5650. The molecule has 16 rings (SSSR count). The van der Waals surface area contributed by atoms with E-state index in [0.717, 1.165) is 17.1 Å². The van der Waals surface area contributed by atoms with Crippen molar-refractivity contribution >= 4 is 114 Å². The molecule has 5 heterocycles. The number of para-hydroxylation sites is 2. The van der Waals surface area contributed by atoms with E-state index in [4.69, 9.17) is 0 Å². The van der Waals surface area contributed by atoms with Crippen LogP contribution < -0.4 is 4.90 Å². The highest BCUT2D eigenvalue weighted by molar-refractivity contribution is 7.25. The quantitative estimate of drug-likeness (QED) is 0.155. The van der Waals surface area contributed by atoms with Gasteiger partial charge in [-0.15, -0.1) is 11.3 Å². The van der Waals surface area contributed by atoms with Gasteiger partial charge < -0.3 is 9.30 Å². The predicted octanol–water partition coefficient (Wildman–Crippen LogP) is 27.1. The van der Waals surface area contributed by atoms with Crippen molar-refractivity contribution < 1.29 is 0 Å². The SMILES string of the molecule is CC(C)(C)c1cc(-c2cc(-c3ccc(N(c4ccccc4)c4ccccc4)cc3)c3c(c2)c2cc(-c4cc(C(C)(C)C)cc(C(C)(C)C)c4)cc4c5cc6c(cc5n3c42)c2cc(-c3cc(C(C)(C)C)cc(C(C)(C)C)c3)cc3c4c5ccccc5sc4n6c23)cc(C(C)(C)C)c1. The van der Waals surface area contributed by atoms with E-state index in [0.29, 0.717) is 0 Å². The number of rotatable bonds is 7. The Kier molecular flexibility index (Phi) is 13.6. The first-order valence-electron chi connectivity index (χ1n) is 34.7. The number of fused-ring (bicyclic) bond motifs is 14. The minimum atomic E-state index is -0.0686. The van der Waals surface area contributed by atoms with Gasteiger partial charge >= 0.3 is 0 Å². The fourth-order valence-corrected chi connectivity index (χ4v) is 16.5. The Labute approximate surface area is 571 Å². The summed E-state index contributed by atoms with van der Waals surface area (Å²) >= 11 is 1.93. The van der Waals surface area contributed by atoms with Crippen LogP contribution in [0.2, 0.25) is 0 Å². The number of hydrogen-bond donors (Lipinski definition) is 0. The lowest BCUT2D eigenvalue weighted by molar-refractivity contribution is 0.568. The van der Waals surface area contributed by atoms with Crippen LogP contribution in [0.5, 0.6) is 0 Å². The number of anilines is 3. The second-order valence-electron chi connectivity index (χ2n) is 34.0. The molecule has 16 aromatic rings. The van der Waals surface area contributed by atoms with Crippen molar-refractivity contribution in [3.05, 3.63) is 246 Å². The molecule has 0 fully saturated rings. The maximum atomic E-state index is 2.69. The van der Waals surface area contributed by atoms with Gasteiger partial charge in [-0.1, -0.05) is 246 Å². The topological polar surface area (TPSA) is 12.1 Å². The molecule has 5 aromatic heterocycles. The second kappa shape index (κ2) is 21.1. The van der Waals surface area contributed by atoms with Gasteiger partial charge in [0.2, 0.25) is 0 Å². The van der Waals surface area contributed by atoms with Crippen molar-refractivity contribution in [2.75, 3.05) is 4.90 Å². The van der Waals surface area contributed by atoms with Crippen LogP contribution in [-0.4, -0.2) is 8.80 Å². The molecule has 0 radical (unpaired) electrons. The van der Waals surface area contributed by atoms with E-state index in [1.165, 1.54) is 163 Å². The maximum absolute atomic E-state index is 2.69. The van der Waals surface area contributed by atoms with Gasteiger partial charge in [0.1, 0.15) is 4.83 Å². The van der Waals surface area contributed by atoms with Crippen molar-refractivity contribution in [1.29, 1.82) is 0 Å². The Balaban J connectivity index is 1.07. The summed E-state index contributed by atoms with van der Waals surface area (Å²) in [7, 11) is 0. The average Bonchev–Trinajstić information content (AvgIpc) is 1.51. The maximum Gasteiger partial charge on any atom is 0.109 e. The van der Waals surface area contributed by atoms with Crippen molar-refractivity contribution in [3.63, 3.8) is 0 Å². The van der Waals surface area contributed by atoms with Crippen LogP contribution in [0, 0.1) is 0 Å². The monoisotopic (exact) mass is 1270 g/mol. The van der Waals surface area contributed by atoms with Crippen LogP contribution in [0.3, 0.4) is 0 Å². The number of hydrogen-bond acceptors (Lipinski definition) is 2. The van der Waals surface area contributed by atoms with Crippen molar-refractivity contribution in [2.45, 2.75) is 157 Å². The van der Waals surface area contributed by atoms with E-state index in [1.807, 2.05) is 11.3 Å². The minimum Gasteiger partial charge on any atom is -0.311 e. The highest BCUT2D eigenvalue weighted by atomic mass is 32.1. The third-order valence-corrected chi connectivity index (χ3v) is 22.1. The van der Waals surface area contributed by atoms with Gasteiger partial charge in [0.05, 0.1) is 27.6 Å². The standard InChI is InChI=1S/C92H89N3S/c1-87(2,3)61-37-55(38-62(49-61)88(4,5)6)58-43-71(54-33-35-69(36-34-54)93(67-27-21-19-22-28-67)68-29-23-20-24-30-68)83-76(46-58)77-47-59(56-39-63(89(7,8)9)50-64(40-56)90(10,11)12)44-74-72-53-80-73(52-79(72)94(83)84(74)77)75-45-60(57-41-65(91(13,14)15)51-66(42-57)92(16,17)18)48-78-82-70-31-25-26-32-81(70)96-86(82)95(80)85(75)78/h19-53H,1-18H3. The summed E-state index contributed by atoms with van der Waals surface area (Å²) in [5.41, 5.74) is 27.2. The largest absolute Gasteiger partial charge is 0.311 e. The van der Waals surface area contributed by atoms with Crippen LogP contribution in [0.1, 0.15) is 158 Å². The van der Waals surface area contributed by atoms with Gasteiger partial charge in [-0.3, -0.25) is 4.40 Å². The van der Waals surface area contributed by atoms with Crippen LogP contribution in [0.25, 0.3) is 130 Å². The molecule has 96 heavy (non-hydrogen) atoms. The summed E-state index contributed by atoms with van der Waals surface area (Å²) in [6.45, 7) is 42.4. The van der Waals surface area contributed by atoms with Crippen LogP contribution in [0.4, 0.5) is 17.1 Å². The lowest BCUT2D eigenvalue weighted by Crippen LogP contribution is -2.16. The molecule has 11 aromatic carbocycles. The van der Waals surface area contributed by atoms with Crippen molar-refractivity contribution in [1.82, 2.24) is 8.80 Å². The number of benzene rings is 11. The number of aromatic nitrogens is 2.